The standard InChI is InChI=1S/C26H31N3O4/c1-4-33-25(32)26(18-27,28-17-20-11-7-5-8-12-20)22(15-19(2)3)16-23(30)29-24(31)21-13-9-6-10-14-21/h5-14,19,22,28H,4,15-17H2,1-3H3,(H,29,30,31)/t22-,26?/m1/s1. The van der Waals surface area contributed by atoms with Gasteiger partial charge in [0, 0.05) is 24.4 Å². The number of rotatable bonds is 11. The summed E-state index contributed by atoms with van der Waals surface area (Å²) in [4.78, 5) is 38.3. The van der Waals surface area contributed by atoms with Crippen molar-refractivity contribution < 1.29 is 19.1 Å². The molecule has 0 heterocycles. The molecule has 0 bridgehead atoms. The minimum Gasteiger partial charge on any atom is -0.464 e. The van der Waals surface area contributed by atoms with E-state index in [0.717, 1.165) is 5.56 Å². The molecule has 0 saturated heterocycles. The van der Waals surface area contributed by atoms with Crippen LogP contribution in [0.4, 0.5) is 0 Å². The van der Waals surface area contributed by atoms with Crippen molar-refractivity contribution in [2.75, 3.05) is 6.61 Å². The van der Waals surface area contributed by atoms with Gasteiger partial charge in [0.2, 0.25) is 11.4 Å². The van der Waals surface area contributed by atoms with Gasteiger partial charge in [-0.25, -0.2) is 4.79 Å². The topological polar surface area (TPSA) is 108 Å². The Kier molecular flexibility index (Phi) is 9.77. The van der Waals surface area contributed by atoms with Crippen molar-refractivity contribution in [2.45, 2.75) is 45.7 Å². The highest BCUT2D eigenvalue weighted by atomic mass is 16.5. The van der Waals surface area contributed by atoms with Crippen LogP contribution in [0.15, 0.2) is 60.7 Å². The maximum absolute atomic E-state index is 13.1. The lowest BCUT2D eigenvalue weighted by atomic mass is 9.77. The van der Waals surface area contributed by atoms with Gasteiger partial charge in [0.15, 0.2) is 0 Å². The van der Waals surface area contributed by atoms with Gasteiger partial charge in [-0.2, -0.15) is 5.26 Å². The zero-order valence-corrected chi connectivity index (χ0v) is 19.3. The summed E-state index contributed by atoms with van der Waals surface area (Å²) in [5.41, 5.74) is -0.512. The number of esters is 1. The first-order chi connectivity index (χ1) is 15.8. The van der Waals surface area contributed by atoms with E-state index in [1.807, 2.05) is 44.2 Å². The highest BCUT2D eigenvalue weighted by molar-refractivity contribution is 6.04. The van der Waals surface area contributed by atoms with Crippen LogP contribution < -0.4 is 10.6 Å². The van der Waals surface area contributed by atoms with E-state index in [2.05, 4.69) is 16.7 Å². The molecule has 0 spiro atoms. The molecular formula is C26H31N3O4. The van der Waals surface area contributed by atoms with Gasteiger partial charge in [-0.1, -0.05) is 62.4 Å². The molecule has 0 saturated carbocycles. The molecule has 0 radical (unpaired) electrons. The molecule has 2 amide bonds. The minimum atomic E-state index is -1.75. The SMILES string of the molecule is CCOC(=O)C(C#N)(NCc1ccccc1)[C@@H](CC(=O)NC(=O)c1ccccc1)CC(C)C. The van der Waals surface area contributed by atoms with Crippen molar-refractivity contribution in [1.29, 1.82) is 5.26 Å². The lowest BCUT2D eigenvalue weighted by Crippen LogP contribution is -2.58. The average Bonchev–Trinajstić information content (AvgIpc) is 2.80. The molecule has 0 aliphatic rings. The molecule has 2 atom stereocenters. The third-order valence-corrected chi connectivity index (χ3v) is 5.28. The maximum atomic E-state index is 13.1. The molecule has 0 aromatic heterocycles. The highest BCUT2D eigenvalue weighted by Crippen LogP contribution is 2.30. The van der Waals surface area contributed by atoms with E-state index >= 15 is 0 Å². The fourth-order valence-corrected chi connectivity index (χ4v) is 3.69. The van der Waals surface area contributed by atoms with Crippen LogP contribution in [0.25, 0.3) is 0 Å². The summed E-state index contributed by atoms with van der Waals surface area (Å²) in [6, 6.07) is 19.9. The zero-order valence-electron chi connectivity index (χ0n) is 19.3. The normalized spacial score (nSPS) is 13.4. The fourth-order valence-electron chi connectivity index (χ4n) is 3.69. The highest BCUT2D eigenvalue weighted by Gasteiger charge is 2.48. The number of nitriles is 1. The summed E-state index contributed by atoms with van der Waals surface area (Å²) >= 11 is 0. The Morgan fingerprint density at radius 2 is 1.64 bits per heavy atom. The Hall–Kier alpha value is -3.50. The molecule has 0 aliphatic heterocycles. The summed E-state index contributed by atoms with van der Waals surface area (Å²) in [6.45, 7) is 5.91. The third kappa shape index (κ3) is 7.26. The number of imide groups is 1. The van der Waals surface area contributed by atoms with Gasteiger partial charge < -0.3 is 4.74 Å². The van der Waals surface area contributed by atoms with E-state index < -0.39 is 29.2 Å². The number of hydrogen-bond donors (Lipinski definition) is 2. The Balaban J connectivity index is 2.29. The van der Waals surface area contributed by atoms with E-state index in [4.69, 9.17) is 4.74 Å². The lowest BCUT2D eigenvalue weighted by Gasteiger charge is -2.34. The number of carbonyl (C=O) groups excluding carboxylic acids is 3. The van der Waals surface area contributed by atoms with Crippen molar-refractivity contribution in [3.05, 3.63) is 71.8 Å². The maximum Gasteiger partial charge on any atom is 0.341 e. The number of nitrogens with one attached hydrogen (secondary N) is 2. The molecule has 7 nitrogen and oxygen atoms in total. The van der Waals surface area contributed by atoms with Crippen LogP contribution in [0, 0.1) is 23.2 Å². The fraction of sp³-hybridized carbons (Fsp3) is 0.385. The number of amides is 2. The second kappa shape index (κ2) is 12.5. The molecule has 0 aliphatic carbocycles. The molecule has 2 rings (SSSR count). The molecule has 7 heteroatoms. The van der Waals surface area contributed by atoms with Crippen LogP contribution in [0.3, 0.4) is 0 Å². The molecular weight excluding hydrogens is 418 g/mol. The van der Waals surface area contributed by atoms with Crippen molar-refractivity contribution in [1.82, 2.24) is 10.6 Å². The van der Waals surface area contributed by atoms with Crippen molar-refractivity contribution >= 4 is 17.8 Å². The number of carbonyl (C=O) groups is 3. The van der Waals surface area contributed by atoms with Gasteiger partial charge in [-0.05, 0) is 37.0 Å². The predicted molar refractivity (Wildman–Crippen MR) is 125 cm³/mol. The molecule has 2 aromatic carbocycles. The largest absolute Gasteiger partial charge is 0.464 e. The van der Waals surface area contributed by atoms with Crippen LogP contribution >= 0.6 is 0 Å². The quantitative estimate of drug-likeness (QED) is 0.508. The average molecular weight is 450 g/mol. The number of hydrogen-bond acceptors (Lipinski definition) is 6. The zero-order chi connectivity index (χ0) is 24.3. The summed E-state index contributed by atoms with van der Waals surface area (Å²) in [6.07, 6.45) is 0.214. The van der Waals surface area contributed by atoms with Gasteiger partial charge in [-0.3, -0.25) is 20.2 Å². The smallest absolute Gasteiger partial charge is 0.341 e. The van der Waals surface area contributed by atoms with Crippen LogP contribution in [0.5, 0.6) is 0 Å². The Morgan fingerprint density at radius 1 is 1.03 bits per heavy atom. The number of benzene rings is 2. The first-order valence-electron chi connectivity index (χ1n) is 11.1. The van der Waals surface area contributed by atoms with Gasteiger partial charge in [-0.15, -0.1) is 0 Å². The van der Waals surface area contributed by atoms with Gasteiger partial charge >= 0.3 is 5.97 Å². The minimum absolute atomic E-state index is 0.0910. The molecule has 33 heavy (non-hydrogen) atoms. The van der Waals surface area contributed by atoms with Crippen molar-refractivity contribution in [3.63, 3.8) is 0 Å². The molecule has 174 valence electrons. The van der Waals surface area contributed by atoms with Gasteiger partial charge in [0.25, 0.3) is 5.91 Å². The van der Waals surface area contributed by atoms with Crippen LogP contribution in [0.1, 0.15) is 49.5 Å². The summed E-state index contributed by atoms with van der Waals surface area (Å²) in [5.74, 6) is -2.43. The summed E-state index contributed by atoms with van der Waals surface area (Å²) in [7, 11) is 0. The van der Waals surface area contributed by atoms with E-state index in [1.165, 1.54) is 0 Å². The van der Waals surface area contributed by atoms with E-state index in [-0.39, 0.29) is 25.5 Å². The van der Waals surface area contributed by atoms with E-state index in [9.17, 15) is 19.6 Å². The third-order valence-electron chi connectivity index (χ3n) is 5.28. The van der Waals surface area contributed by atoms with Crippen LogP contribution in [0.2, 0.25) is 0 Å². The van der Waals surface area contributed by atoms with Crippen LogP contribution in [-0.2, 0) is 20.9 Å². The Bertz CT molecular complexity index is 970. The molecule has 2 N–H and O–H groups in total. The number of nitrogens with zero attached hydrogens (tertiary/aromatic N) is 1. The van der Waals surface area contributed by atoms with Crippen molar-refractivity contribution in [3.8, 4) is 6.07 Å². The first kappa shape index (κ1) is 25.8. The molecule has 1 unspecified atom stereocenters. The number of ether oxygens (including phenoxy) is 1. The second-order valence-electron chi connectivity index (χ2n) is 8.25. The van der Waals surface area contributed by atoms with E-state index in [0.29, 0.717) is 12.0 Å². The Labute approximate surface area is 195 Å². The summed E-state index contributed by atoms with van der Waals surface area (Å²) < 4.78 is 5.26. The molecule has 0 fully saturated rings. The van der Waals surface area contributed by atoms with Crippen molar-refractivity contribution in [2.24, 2.45) is 11.8 Å². The predicted octanol–water partition coefficient (Wildman–Crippen LogP) is 3.61. The second-order valence-corrected chi connectivity index (χ2v) is 8.25. The van der Waals surface area contributed by atoms with Crippen LogP contribution in [-0.4, -0.2) is 29.9 Å². The summed E-state index contributed by atoms with van der Waals surface area (Å²) in [5, 5.41) is 15.6. The van der Waals surface area contributed by atoms with E-state index in [1.54, 1.807) is 37.3 Å². The monoisotopic (exact) mass is 449 g/mol. The Morgan fingerprint density at radius 3 is 2.18 bits per heavy atom. The van der Waals surface area contributed by atoms with Gasteiger partial charge in [0.1, 0.15) is 0 Å². The lowest BCUT2D eigenvalue weighted by molar-refractivity contribution is -0.151. The first-order valence-corrected chi connectivity index (χ1v) is 11.1. The van der Waals surface area contributed by atoms with Gasteiger partial charge in [0.05, 0.1) is 12.7 Å². The molecule has 2 aromatic rings.